The van der Waals surface area contributed by atoms with Gasteiger partial charge in [0.1, 0.15) is 0 Å². The normalized spacial score (nSPS) is 27.9. The first-order chi connectivity index (χ1) is 7.74. The van der Waals surface area contributed by atoms with E-state index in [1.165, 1.54) is 51.6 Å². The van der Waals surface area contributed by atoms with Gasteiger partial charge in [0.05, 0.1) is 0 Å². The Hall–Kier alpha value is -0.0800. The van der Waals surface area contributed by atoms with Crippen molar-refractivity contribution < 1.29 is 0 Å². The van der Waals surface area contributed by atoms with Crippen LogP contribution in [-0.2, 0) is 0 Å². The number of nitrogens with two attached hydrogens (primary N) is 1. The highest BCUT2D eigenvalue weighted by molar-refractivity contribution is 4.94. The van der Waals surface area contributed by atoms with Crippen molar-refractivity contribution in [2.24, 2.45) is 17.1 Å². The molecule has 94 valence electrons. The molecule has 2 rings (SSSR count). The Morgan fingerprint density at radius 1 is 1.31 bits per heavy atom. The number of likely N-dealkylation sites (tertiary alicyclic amines) is 1. The third-order valence-electron chi connectivity index (χ3n) is 5.37. The lowest BCUT2D eigenvalue weighted by Gasteiger charge is -2.39. The molecule has 1 saturated carbocycles. The molecule has 1 saturated heterocycles. The zero-order valence-electron chi connectivity index (χ0n) is 11.0. The number of nitrogens with zero attached hydrogens (tertiary/aromatic N) is 1. The second-order valence-electron chi connectivity index (χ2n) is 5.92. The van der Waals surface area contributed by atoms with E-state index in [0.717, 1.165) is 12.5 Å². The number of hydrogen-bond acceptors (Lipinski definition) is 2. The van der Waals surface area contributed by atoms with Crippen LogP contribution in [0.25, 0.3) is 0 Å². The van der Waals surface area contributed by atoms with Crippen molar-refractivity contribution in [3.63, 3.8) is 0 Å². The minimum Gasteiger partial charge on any atom is -0.329 e. The smallest absolute Gasteiger partial charge is 0.0246 e. The van der Waals surface area contributed by atoms with Gasteiger partial charge in [0.15, 0.2) is 0 Å². The van der Waals surface area contributed by atoms with Crippen LogP contribution in [0.15, 0.2) is 0 Å². The molecule has 1 heterocycles. The summed E-state index contributed by atoms with van der Waals surface area (Å²) >= 11 is 0. The van der Waals surface area contributed by atoms with Crippen LogP contribution in [0.3, 0.4) is 0 Å². The van der Waals surface area contributed by atoms with E-state index in [1.54, 1.807) is 0 Å². The van der Waals surface area contributed by atoms with E-state index in [0.29, 0.717) is 11.5 Å². The van der Waals surface area contributed by atoms with Gasteiger partial charge in [0, 0.05) is 19.1 Å². The van der Waals surface area contributed by atoms with Crippen molar-refractivity contribution >= 4 is 0 Å². The van der Waals surface area contributed by atoms with Crippen LogP contribution in [0.1, 0.15) is 52.4 Å². The fourth-order valence-corrected chi connectivity index (χ4v) is 3.54. The Labute approximate surface area is 101 Å². The Balaban J connectivity index is 1.95. The fraction of sp³-hybridized carbons (Fsp3) is 1.00. The zero-order valence-corrected chi connectivity index (χ0v) is 11.0. The standard InChI is InChI=1S/C14H28N2/c1-3-14(4-2)8-9-16(11-14)13(10-15)12-6-5-7-12/h12-13H,3-11,15H2,1-2H3. The fourth-order valence-electron chi connectivity index (χ4n) is 3.54. The van der Waals surface area contributed by atoms with E-state index >= 15 is 0 Å². The van der Waals surface area contributed by atoms with E-state index in [-0.39, 0.29) is 0 Å². The average molecular weight is 224 g/mol. The first-order valence-electron chi connectivity index (χ1n) is 7.19. The molecule has 16 heavy (non-hydrogen) atoms. The molecule has 1 aliphatic heterocycles. The molecule has 2 fully saturated rings. The van der Waals surface area contributed by atoms with Gasteiger partial charge in [0.25, 0.3) is 0 Å². The maximum atomic E-state index is 5.99. The summed E-state index contributed by atoms with van der Waals surface area (Å²) in [5.41, 5.74) is 6.60. The van der Waals surface area contributed by atoms with E-state index in [4.69, 9.17) is 5.73 Å². The maximum absolute atomic E-state index is 5.99. The lowest BCUT2D eigenvalue weighted by molar-refractivity contribution is 0.107. The van der Waals surface area contributed by atoms with E-state index < -0.39 is 0 Å². The highest BCUT2D eigenvalue weighted by Gasteiger charge is 2.40. The van der Waals surface area contributed by atoms with Gasteiger partial charge >= 0.3 is 0 Å². The summed E-state index contributed by atoms with van der Waals surface area (Å²) < 4.78 is 0. The van der Waals surface area contributed by atoms with Crippen molar-refractivity contribution in [2.45, 2.75) is 58.4 Å². The third kappa shape index (κ3) is 2.14. The molecule has 1 unspecified atom stereocenters. The van der Waals surface area contributed by atoms with E-state index in [9.17, 15) is 0 Å². The second kappa shape index (κ2) is 5.05. The van der Waals surface area contributed by atoms with Gasteiger partial charge in [-0.1, -0.05) is 20.3 Å². The highest BCUT2D eigenvalue weighted by Crippen LogP contribution is 2.41. The molecule has 1 atom stereocenters. The molecule has 0 aromatic carbocycles. The van der Waals surface area contributed by atoms with E-state index in [2.05, 4.69) is 18.7 Å². The van der Waals surface area contributed by atoms with Crippen LogP contribution in [0.5, 0.6) is 0 Å². The summed E-state index contributed by atoms with van der Waals surface area (Å²) in [5.74, 6) is 0.912. The number of rotatable bonds is 5. The highest BCUT2D eigenvalue weighted by atomic mass is 15.2. The summed E-state index contributed by atoms with van der Waals surface area (Å²) in [7, 11) is 0. The molecule has 0 aromatic rings. The minimum atomic E-state index is 0.608. The molecule has 2 nitrogen and oxygen atoms in total. The maximum Gasteiger partial charge on any atom is 0.0246 e. The molecular weight excluding hydrogens is 196 g/mol. The quantitative estimate of drug-likeness (QED) is 0.778. The third-order valence-corrected chi connectivity index (χ3v) is 5.37. The minimum absolute atomic E-state index is 0.608. The van der Waals surface area contributed by atoms with Crippen molar-refractivity contribution in [1.82, 2.24) is 4.90 Å². The molecule has 0 amide bonds. The van der Waals surface area contributed by atoms with Crippen molar-refractivity contribution in [1.29, 1.82) is 0 Å². The molecule has 2 heteroatoms. The molecule has 0 radical (unpaired) electrons. The van der Waals surface area contributed by atoms with Crippen molar-refractivity contribution in [2.75, 3.05) is 19.6 Å². The monoisotopic (exact) mass is 224 g/mol. The summed E-state index contributed by atoms with van der Waals surface area (Å²) in [6.45, 7) is 8.17. The molecule has 2 aliphatic rings. The molecule has 2 N–H and O–H groups in total. The van der Waals surface area contributed by atoms with E-state index in [1.807, 2.05) is 0 Å². The van der Waals surface area contributed by atoms with Gasteiger partial charge < -0.3 is 5.73 Å². The van der Waals surface area contributed by atoms with Gasteiger partial charge in [-0.15, -0.1) is 0 Å². The molecular formula is C14H28N2. The van der Waals surface area contributed by atoms with Crippen molar-refractivity contribution in [3.8, 4) is 0 Å². The van der Waals surface area contributed by atoms with Crippen LogP contribution in [0.4, 0.5) is 0 Å². The Morgan fingerprint density at radius 3 is 2.38 bits per heavy atom. The Bertz CT molecular complexity index is 219. The first kappa shape index (κ1) is 12.4. The zero-order chi connectivity index (χ0) is 11.6. The predicted octanol–water partition coefficient (Wildman–Crippen LogP) is 2.63. The SMILES string of the molecule is CCC1(CC)CCN(C(CN)C2CCC2)C1. The summed E-state index contributed by atoms with van der Waals surface area (Å²) in [6.07, 6.45) is 8.34. The van der Waals surface area contributed by atoms with Gasteiger partial charge in [-0.2, -0.15) is 0 Å². The second-order valence-corrected chi connectivity index (χ2v) is 5.92. The van der Waals surface area contributed by atoms with Crippen LogP contribution >= 0.6 is 0 Å². The van der Waals surface area contributed by atoms with Crippen LogP contribution < -0.4 is 5.73 Å². The average Bonchev–Trinajstić information content (AvgIpc) is 2.68. The Morgan fingerprint density at radius 2 is 2.00 bits per heavy atom. The van der Waals surface area contributed by atoms with Gasteiger partial charge in [-0.25, -0.2) is 0 Å². The first-order valence-corrected chi connectivity index (χ1v) is 7.19. The predicted molar refractivity (Wildman–Crippen MR) is 69.4 cm³/mol. The topological polar surface area (TPSA) is 29.3 Å². The lowest BCUT2D eigenvalue weighted by Crippen LogP contribution is -2.47. The molecule has 1 aliphatic carbocycles. The van der Waals surface area contributed by atoms with Crippen LogP contribution in [0, 0.1) is 11.3 Å². The van der Waals surface area contributed by atoms with Gasteiger partial charge in [0.2, 0.25) is 0 Å². The summed E-state index contributed by atoms with van der Waals surface area (Å²) in [4.78, 5) is 2.71. The largest absolute Gasteiger partial charge is 0.329 e. The molecule has 0 spiro atoms. The Kier molecular flexibility index (Phi) is 3.91. The molecule has 0 aromatic heterocycles. The lowest BCUT2D eigenvalue weighted by atomic mass is 9.78. The summed E-state index contributed by atoms with van der Waals surface area (Å²) in [5, 5.41) is 0. The molecule has 0 bridgehead atoms. The van der Waals surface area contributed by atoms with Gasteiger partial charge in [-0.3, -0.25) is 4.90 Å². The number of hydrogen-bond donors (Lipinski definition) is 1. The van der Waals surface area contributed by atoms with Crippen molar-refractivity contribution in [3.05, 3.63) is 0 Å². The van der Waals surface area contributed by atoms with Crippen LogP contribution in [0.2, 0.25) is 0 Å². The van der Waals surface area contributed by atoms with Gasteiger partial charge in [-0.05, 0) is 50.0 Å². The van der Waals surface area contributed by atoms with Crippen LogP contribution in [-0.4, -0.2) is 30.6 Å². The summed E-state index contributed by atoms with van der Waals surface area (Å²) in [6, 6.07) is 0.689.